The normalized spacial score (nSPS) is 25.1. The first-order valence-corrected chi connectivity index (χ1v) is 7.56. The van der Waals surface area contributed by atoms with Gasteiger partial charge in [-0.05, 0) is 46.4 Å². The molecule has 1 atom stereocenters. The number of nitrogens with zero attached hydrogens (tertiary/aromatic N) is 1. The molecule has 0 aromatic carbocycles. The van der Waals surface area contributed by atoms with Gasteiger partial charge in [0.05, 0.1) is 0 Å². The van der Waals surface area contributed by atoms with Crippen molar-refractivity contribution in [2.75, 3.05) is 19.6 Å². The molecule has 0 aliphatic carbocycles. The predicted molar refractivity (Wildman–Crippen MR) is 74.2 cm³/mol. The van der Waals surface area contributed by atoms with Crippen LogP contribution in [0.15, 0.2) is 26.3 Å². The molecule has 1 aromatic heterocycles. The van der Waals surface area contributed by atoms with Gasteiger partial charge >= 0.3 is 0 Å². The summed E-state index contributed by atoms with van der Waals surface area (Å²) in [6.45, 7) is 3.43. The van der Waals surface area contributed by atoms with Crippen molar-refractivity contribution in [2.24, 2.45) is 11.1 Å². The molecule has 1 fully saturated rings. The largest absolute Gasteiger partial charge is 0.437 e. The van der Waals surface area contributed by atoms with Gasteiger partial charge in [0.15, 0.2) is 4.67 Å². The number of hydrogen-bond donors (Lipinski definition) is 1. The first-order valence-electron chi connectivity index (χ1n) is 5.33. The Morgan fingerprint density at radius 1 is 1.56 bits per heavy atom. The minimum atomic E-state index is -3.52. The van der Waals surface area contributed by atoms with Crippen molar-refractivity contribution in [2.45, 2.75) is 18.4 Å². The van der Waals surface area contributed by atoms with Crippen LogP contribution >= 0.6 is 28.3 Å². The molecule has 0 amide bonds. The fourth-order valence-corrected chi connectivity index (χ4v) is 3.83. The molecule has 1 aliphatic heterocycles. The van der Waals surface area contributed by atoms with E-state index in [1.165, 1.54) is 10.4 Å². The summed E-state index contributed by atoms with van der Waals surface area (Å²) in [4.78, 5) is 0. The van der Waals surface area contributed by atoms with E-state index in [9.17, 15) is 8.42 Å². The van der Waals surface area contributed by atoms with Gasteiger partial charge in [-0.15, -0.1) is 12.4 Å². The van der Waals surface area contributed by atoms with Crippen molar-refractivity contribution < 1.29 is 12.8 Å². The van der Waals surface area contributed by atoms with Gasteiger partial charge in [0.2, 0.25) is 5.09 Å². The lowest BCUT2D eigenvalue weighted by molar-refractivity contribution is 0.342. The van der Waals surface area contributed by atoms with Gasteiger partial charge in [-0.1, -0.05) is 6.92 Å². The quantitative estimate of drug-likeness (QED) is 0.893. The highest BCUT2D eigenvalue weighted by Gasteiger charge is 2.40. The highest BCUT2D eigenvalue weighted by atomic mass is 79.9. The SMILES string of the molecule is CC1(CN)CCN(S(=O)(=O)c2ccc(Br)o2)C1.Cl. The summed E-state index contributed by atoms with van der Waals surface area (Å²) in [7, 11) is -3.52. The lowest BCUT2D eigenvalue weighted by Crippen LogP contribution is -2.34. The fraction of sp³-hybridized carbons (Fsp3) is 0.600. The Balaban J connectivity index is 0.00000162. The summed E-state index contributed by atoms with van der Waals surface area (Å²) >= 11 is 3.10. The molecule has 1 aromatic rings. The fourth-order valence-electron chi connectivity index (χ4n) is 1.91. The van der Waals surface area contributed by atoms with E-state index in [0.717, 1.165) is 6.42 Å². The Morgan fingerprint density at radius 2 is 2.22 bits per heavy atom. The third kappa shape index (κ3) is 2.91. The Bertz CT molecular complexity index is 519. The van der Waals surface area contributed by atoms with Gasteiger partial charge < -0.3 is 10.2 Å². The van der Waals surface area contributed by atoms with E-state index in [-0.39, 0.29) is 22.9 Å². The zero-order chi connectivity index (χ0) is 12.7. The van der Waals surface area contributed by atoms with Crippen LogP contribution < -0.4 is 5.73 Å². The second kappa shape index (κ2) is 5.50. The van der Waals surface area contributed by atoms with E-state index in [1.54, 1.807) is 6.07 Å². The zero-order valence-corrected chi connectivity index (χ0v) is 13.1. The minimum absolute atomic E-state index is 0. The molecule has 18 heavy (non-hydrogen) atoms. The molecular formula is C10H16BrClN2O3S. The number of furan rings is 1. The molecule has 2 rings (SSSR count). The standard InChI is InChI=1S/C10H15BrN2O3S.ClH/c1-10(6-12)4-5-13(7-10)17(14,15)9-3-2-8(11)16-9;/h2-3H,4-7,12H2,1H3;1H. The lowest BCUT2D eigenvalue weighted by atomic mass is 9.90. The summed E-state index contributed by atoms with van der Waals surface area (Å²) in [6.07, 6.45) is 0.782. The summed E-state index contributed by atoms with van der Waals surface area (Å²) in [5.74, 6) is 0. The topological polar surface area (TPSA) is 76.5 Å². The average Bonchev–Trinajstić information content (AvgIpc) is 2.86. The molecule has 2 heterocycles. The molecule has 1 unspecified atom stereocenters. The molecule has 2 N–H and O–H groups in total. The average molecular weight is 360 g/mol. The van der Waals surface area contributed by atoms with Crippen LogP contribution in [0.1, 0.15) is 13.3 Å². The van der Waals surface area contributed by atoms with E-state index < -0.39 is 10.0 Å². The van der Waals surface area contributed by atoms with Crippen LogP contribution in [0.25, 0.3) is 0 Å². The molecule has 0 spiro atoms. The molecule has 1 saturated heterocycles. The Labute approximate surface area is 121 Å². The van der Waals surface area contributed by atoms with E-state index in [4.69, 9.17) is 10.2 Å². The summed E-state index contributed by atoms with van der Waals surface area (Å²) in [5.41, 5.74) is 5.54. The Morgan fingerprint density at radius 3 is 2.67 bits per heavy atom. The van der Waals surface area contributed by atoms with Crippen LogP contribution in [-0.4, -0.2) is 32.4 Å². The second-order valence-corrected chi connectivity index (χ2v) is 7.31. The number of rotatable bonds is 3. The Kier molecular flexibility index (Phi) is 4.88. The van der Waals surface area contributed by atoms with Gasteiger partial charge in [-0.3, -0.25) is 0 Å². The molecule has 0 radical (unpaired) electrons. The highest BCUT2D eigenvalue weighted by molar-refractivity contribution is 9.10. The van der Waals surface area contributed by atoms with E-state index in [1.807, 2.05) is 6.92 Å². The maximum absolute atomic E-state index is 12.2. The van der Waals surface area contributed by atoms with E-state index in [2.05, 4.69) is 15.9 Å². The van der Waals surface area contributed by atoms with E-state index in [0.29, 0.717) is 24.3 Å². The third-order valence-corrected chi connectivity index (χ3v) is 5.30. The maximum Gasteiger partial charge on any atom is 0.276 e. The van der Waals surface area contributed by atoms with Gasteiger partial charge in [0.25, 0.3) is 10.0 Å². The molecule has 5 nitrogen and oxygen atoms in total. The number of halogens is 2. The molecule has 104 valence electrons. The molecule has 0 saturated carbocycles. The van der Waals surface area contributed by atoms with Crippen LogP contribution in [0.2, 0.25) is 0 Å². The first-order chi connectivity index (χ1) is 7.87. The predicted octanol–water partition coefficient (Wildman–Crippen LogP) is 1.82. The van der Waals surface area contributed by atoms with Gasteiger partial charge in [0, 0.05) is 13.1 Å². The monoisotopic (exact) mass is 358 g/mol. The summed E-state index contributed by atoms with van der Waals surface area (Å²) in [5, 5.41) is -0.0225. The first kappa shape index (κ1) is 16.0. The number of sulfonamides is 1. The molecule has 0 bridgehead atoms. The third-order valence-electron chi connectivity index (χ3n) is 3.16. The Hall–Kier alpha value is -0.0800. The molecule has 1 aliphatic rings. The van der Waals surface area contributed by atoms with E-state index >= 15 is 0 Å². The van der Waals surface area contributed by atoms with Crippen molar-refractivity contribution in [1.82, 2.24) is 4.31 Å². The number of nitrogens with two attached hydrogens (primary N) is 1. The second-order valence-electron chi connectivity index (χ2n) is 4.66. The van der Waals surface area contributed by atoms with Crippen molar-refractivity contribution in [3.8, 4) is 0 Å². The summed E-state index contributed by atoms with van der Waals surface area (Å²) in [6, 6.07) is 3.03. The minimum Gasteiger partial charge on any atom is -0.437 e. The van der Waals surface area contributed by atoms with Crippen LogP contribution in [0, 0.1) is 5.41 Å². The van der Waals surface area contributed by atoms with Crippen molar-refractivity contribution in [3.05, 3.63) is 16.8 Å². The molecule has 8 heteroatoms. The van der Waals surface area contributed by atoms with Gasteiger partial charge in [-0.2, -0.15) is 4.31 Å². The summed E-state index contributed by atoms with van der Waals surface area (Å²) < 4.78 is 31.4. The van der Waals surface area contributed by atoms with Gasteiger partial charge in [-0.25, -0.2) is 8.42 Å². The lowest BCUT2D eigenvalue weighted by Gasteiger charge is -2.21. The highest BCUT2D eigenvalue weighted by Crippen LogP contribution is 2.33. The smallest absolute Gasteiger partial charge is 0.276 e. The maximum atomic E-state index is 12.2. The van der Waals surface area contributed by atoms with Crippen LogP contribution in [0.4, 0.5) is 0 Å². The van der Waals surface area contributed by atoms with Crippen molar-refractivity contribution in [3.63, 3.8) is 0 Å². The molecular weight excluding hydrogens is 344 g/mol. The van der Waals surface area contributed by atoms with Crippen LogP contribution in [0.5, 0.6) is 0 Å². The van der Waals surface area contributed by atoms with Crippen LogP contribution in [-0.2, 0) is 10.0 Å². The van der Waals surface area contributed by atoms with Crippen molar-refractivity contribution in [1.29, 1.82) is 0 Å². The van der Waals surface area contributed by atoms with Gasteiger partial charge in [0.1, 0.15) is 0 Å². The number of hydrogen-bond acceptors (Lipinski definition) is 4. The van der Waals surface area contributed by atoms with Crippen LogP contribution in [0.3, 0.4) is 0 Å². The zero-order valence-electron chi connectivity index (χ0n) is 9.93. The van der Waals surface area contributed by atoms with Crippen molar-refractivity contribution >= 4 is 38.4 Å².